The maximum absolute atomic E-state index is 10.4. The maximum atomic E-state index is 10.4. The minimum Gasteiger partial charge on any atom is -0.393 e. The Balaban J connectivity index is 1.88. The average molecular weight is 379 g/mol. The first-order valence-corrected chi connectivity index (χ1v) is 11.7. The molecule has 0 aliphatic heterocycles. The van der Waals surface area contributed by atoms with Gasteiger partial charge in [-0.1, -0.05) is 82.8 Å². The molecule has 2 nitrogen and oxygen atoms in total. The molecule has 3 atom stereocenters. The topological polar surface area (TPSA) is 40.5 Å². The average Bonchev–Trinajstić information content (AvgIpc) is 2.63. The number of aliphatic hydroxyl groups is 2. The summed E-state index contributed by atoms with van der Waals surface area (Å²) in [5.41, 5.74) is -0.705. The summed E-state index contributed by atoms with van der Waals surface area (Å²) in [5.74, 6) is 0.390. The molecule has 0 amide bonds. The summed E-state index contributed by atoms with van der Waals surface area (Å²) in [6.45, 7) is 7.49. The van der Waals surface area contributed by atoms with E-state index in [0.29, 0.717) is 18.8 Å². The smallest absolute Gasteiger partial charge is 0.0706 e. The van der Waals surface area contributed by atoms with Crippen molar-refractivity contribution in [1.82, 2.24) is 0 Å². The predicted octanol–water partition coefficient (Wildman–Crippen LogP) is 7.10. The van der Waals surface area contributed by atoms with Crippen molar-refractivity contribution in [2.24, 2.45) is 5.92 Å². The molecule has 0 aromatic rings. The maximum Gasteiger partial charge on any atom is 0.0706 e. The van der Waals surface area contributed by atoms with Gasteiger partial charge in [0.25, 0.3) is 0 Å². The van der Waals surface area contributed by atoms with E-state index in [-0.39, 0.29) is 6.10 Å². The Morgan fingerprint density at radius 2 is 1.30 bits per heavy atom. The Bertz CT molecular complexity index is 379. The SMILES string of the molecule is C=CCCCCCCCCCCCCCCC1CCC(O)(CC=C)CC1O. The van der Waals surface area contributed by atoms with Crippen LogP contribution in [0.1, 0.15) is 116 Å². The molecule has 27 heavy (non-hydrogen) atoms. The lowest BCUT2D eigenvalue weighted by Crippen LogP contribution is -2.41. The van der Waals surface area contributed by atoms with Crippen molar-refractivity contribution >= 4 is 0 Å². The van der Waals surface area contributed by atoms with Gasteiger partial charge in [0.1, 0.15) is 0 Å². The van der Waals surface area contributed by atoms with Crippen molar-refractivity contribution < 1.29 is 10.2 Å². The third-order valence-corrected chi connectivity index (χ3v) is 6.37. The Kier molecular flexibility index (Phi) is 13.9. The molecule has 1 saturated carbocycles. The van der Waals surface area contributed by atoms with E-state index in [0.717, 1.165) is 19.3 Å². The van der Waals surface area contributed by atoms with E-state index in [9.17, 15) is 10.2 Å². The Hall–Kier alpha value is -0.600. The van der Waals surface area contributed by atoms with Gasteiger partial charge in [-0.2, -0.15) is 0 Å². The predicted molar refractivity (Wildman–Crippen MR) is 118 cm³/mol. The lowest BCUT2D eigenvalue weighted by Gasteiger charge is -2.39. The summed E-state index contributed by atoms with van der Waals surface area (Å²) in [6, 6.07) is 0. The van der Waals surface area contributed by atoms with Crippen molar-refractivity contribution in [3.05, 3.63) is 25.3 Å². The van der Waals surface area contributed by atoms with Crippen LogP contribution in [0.3, 0.4) is 0 Å². The van der Waals surface area contributed by atoms with Gasteiger partial charge in [0.15, 0.2) is 0 Å². The largest absolute Gasteiger partial charge is 0.393 e. The van der Waals surface area contributed by atoms with E-state index >= 15 is 0 Å². The van der Waals surface area contributed by atoms with E-state index in [4.69, 9.17) is 0 Å². The number of hydrogen-bond donors (Lipinski definition) is 2. The zero-order chi connectivity index (χ0) is 19.8. The van der Waals surface area contributed by atoms with E-state index in [1.807, 2.05) is 6.08 Å². The first-order valence-electron chi connectivity index (χ1n) is 11.7. The fourth-order valence-electron chi connectivity index (χ4n) is 4.56. The van der Waals surface area contributed by atoms with Crippen LogP contribution in [0.5, 0.6) is 0 Å². The van der Waals surface area contributed by atoms with Crippen LogP contribution >= 0.6 is 0 Å². The standard InChI is InChI=1S/C25H46O2/c1-3-5-6-7-8-9-10-11-12-13-14-15-16-17-18-23-19-21-25(27,20-4-2)22-24(23)26/h3-4,23-24,26-27H,1-2,5-22H2. The fraction of sp³-hybridized carbons (Fsp3) is 0.840. The lowest BCUT2D eigenvalue weighted by atomic mass is 9.74. The highest BCUT2D eigenvalue weighted by Gasteiger charge is 2.37. The van der Waals surface area contributed by atoms with Gasteiger partial charge in [-0.25, -0.2) is 0 Å². The molecule has 1 rings (SSSR count). The highest BCUT2D eigenvalue weighted by atomic mass is 16.3. The van der Waals surface area contributed by atoms with Crippen LogP contribution in [0.15, 0.2) is 25.3 Å². The van der Waals surface area contributed by atoms with Gasteiger partial charge in [-0.05, 0) is 44.4 Å². The van der Waals surface area contributed by atoms with Crippen molar-refractivity contribution in [2.45, 2.75) is 127 Å². The lowest BCUT2D eigenvalue weighted by molar-refractivity contribution is -0.0698. The molecule has 0 saturated heterocycles. The second-order valence-electron chi connectivity index (χ2n) is 8.90. The molecular weight excluding hydrogens is 332 g/mol. The van der Waals surface area contributed by atoms with Gasteiger partial charge in [0.2, 0.25) is 0 Å². The zero-order valence-electron chi connectivity index (χ0n) is 17.8. The monoisotopic (exact) mass is 378 g/mol. The molecule has 3 unspecified atom stereocenters. The van der Waals surface area contributed by atoms with Crippen LogP contribution < -0.4 is 0 Å². The molecule has 2 heteroatoms. The van der Waals surface area contributed by atoms with Gasteiger partial charge < -0.3 is 10.2 Å². The quantitative estimate of drug-likeness (QED) is 0.209. The van der Waals surface area contributed by atoms with Crippen LogP contribution in [0.2, 0.25) is 0 Å². The molecule has 1 aliphatic rings. The molecule has 158 valence electrons. The summed E-state index contributed by atoms with van der Waals surface area (Å²) >= 11 is 0. The number of rotatable bonds is 17. The van der Waals surface area contributed by atoms with Crippen LogP contribution in [0.25, 0.3) is 0 Å². The molecule has 0 bridgehead atoms. The van der Waals surface area contributed by atoms with Gasteiger partial charge in [-0.3, -0.25) is 0 Å². The minimum absolute atomic E-state index is 0.333. The van der Waals surface area contributed by atoms with Gasteiger partial charge in [0.05, 0.1) is 11.7 Å². The van der Waals surface area contributed by atoms with Crippen molar-refractivity contribution in [2.75, 3.05) is 0 Å². The van der Waals surface area contributed by atoms with Crippen molar-refractivity contribution in [1.29, 1.82) is 0 Å². The van der Waals surface area contributed by atoms with Gasteiger partial charge in [-0.15, -0.1) is 13.2 Å². The molecule has 0 radical (unpaired) electrons. The third-order valence-electron chi connectivity index (χ3n) is 6.37. The summed E-state index contributed by atoms with van der Waals surface area (Å²) in [7, 11) is 0. The van der Waals surface area contributed by atoms with Crippen LogP contribution in [0, 0.1) is 5.92 Å². The number of hydrogen-bond acceptors (Lipinski definition) is 2. The van der Waals surface area contributed by atoms with Crippen LogP contribution in [-0.2, 0) is 0 Å². The van der Waals surface area contributed by atoms with E-state index in [1.54, 1.807) is 6.08 Å². The van der Waals surface area contributed by atoms with Gasteiger partial charge >= 0.3 is 0 Å². The van der Waals surface area contributed by atoms with Crippen molar-refractivity contribution in [3.63, 3.8) is 0 Å². The highest BCUT2D eigenvalue weighted by molar-refractivity contribution is 4.94. The second-order valence-corrected chi connectivity index (χ2v) is 8.90. The van der Waals surface area contributed by atoms with Gasteiger partial charge in [0, 0.05) is 6.42 Å². The Morgan fingerprint density at radius 1 is 0.778 bits per heavy atom. The number of aliphatic hydroxyl groups excluding tert-OH is 1. The molecular formula is C25H46O2. The number of unbranched alkanes of at least 4 members (excludes halogenated alkanes) is 12. The Labute approximate surface area is 169 Å². The molecule has 2 N–H and O–H groups in total. The minimum atomic E-state index is -0.705. The van der Waals surface area contributed by atoms with Crippen LogP contribution in [-0.4, -0.2) is 21.9 Å². The normalized spacial score (nSPS) is 25.4. The summed E-state index contributed by atoms with van der Waals surface area (Å²) < 4.78 is 0. The van der Waals surface area contributed by atoms with E-state index in [2.05, 4.69) is 13.2 Å². The summed E-state index contributed by atoms with van der Waals surface area (Å²) in [4.78, 5) is 0. The third kappa shape index (κ3) is 11.8. The van der Waals surface area contributed by atoms with Crippen LogP contribution in [0.4, 0.5) is 0 Å². The summed E-state index contributed by atoms with van der Waals surface area (Å²) in [6.07, 6.45) is 25.0. The van der Waals surface area contributed by atoms with Crippen molar-refractivity contribution in [3.8, 4) is 0 Å². The first-order chi connectivity index (χ1) is 13.1. The molecule has 1 aliphatic carbocycles. The van der Waals surface area contributed by atoms with E-state index < -0.39 is 5.60 Å². The second kappa shape index (κ2) is 15.3. The van der Waals surface area contributed by atoms with E-state index in [1.165, 1.54) is 83.5 Å². The summed E-state index contributed by atoms with van der Waals surface area (Å²) in [5, 5.41) is 20.8. The number of allylic oxidation sites excluding steroid dienone is 1. The molecule has 1 fully saturated rings. The Morgan fingerprint density at radius 3 is 1.78 bits per heavy atom. The molecule has 0 spiro atoms. The zero-order valence-corrected chi connectivity index (χ0v) is 17.8. The molecule has 0 aromatic heterocycles. The fourth-order valence-corrected chi connectivity index (χ4v) is 4.56. The molecule has 0 heterocycles. The highest BCUT2D eigenvalue weighted by Crippen LogP contribution is 2.37. The first kappa shape index (κ1) is 24.4. The molecule has 0 aromatic carbocycles.